The Morgan fingerprint density at radius 1 is 0.439 bits per heavy atom. The number of carbonyl (C=O) groups is 1. The minimum absolute atomic E-state index is 0.0203. The SMILES string of the molecule is CCCCCCCCCCCCCCCCCCOC(C)c1ccc(OC(=O)c2ccc(-c3ccc(CCCCCCCCCCCCCCC)cc3)cc2)cc1. The molecule has 0 saturated carbocycles. The summed E-state index contributed by atoms with van der Waals surface area (Å²) in [5.74, 6) is 0.215. The summed E-state index contributed by atoms with van der Waals surface area (Å²) in [4.78, 5) is 12.9. The molecule has 318 valence electrons. The molecular formula is C54H84O3. The lowest BCUT2D eigenvalue weighted by Gasteiger charge is -2.14. The third-order valence-electron chi connectivity index (χ3n) is 11.9. The molecule has 0 aliphatic carbocycles. The zero-order valence-corrected chi connectivity index (χ0v) is 37.2. The number of hydrogen-bond acceptors (Lipinski definition) is 3. The lowest BCUT2D eigenvalue weighted by atomic mass is 10.00. The second-order valence-electron chi connectivity index (χ2n) is 17.0. The molecule has 0 saturated heterocycles. The van der Waals surface area contributed by atoms with Crippen molar-refractivity contribution in [3.63, 3.8) is 0 Å². The average molecular weight is 781 g/mol. The second kappa shape index (κ2) is 33.0. The topological polar surface area (TPSA) is 35.5 Å². The van der Waals surface area contributed by atoms with E-state index in [1.54, 1.807) is 0 Å². The Labute approximate surface area is 351 Å². The predicted molar refractivity (Wildman–Crippen MR) is 247 cm³/mol. The van der Waals surface area contributed by atoms with Gasteiger partial charge in [0.1, 0.15) is 5.75 Å². The van der Waals surface area contributed by atoms with Gasteiger partial charge < -0.3 is 9.47 Å². The highest BCUT2D eigenvalue weighted by molar-refractivity contribution is 5.91. The molecular weight excluding hydrogens is 697 g/mol. The van der Waals surface area contributed by atoms with Crippen molar-refractivity contribution in [2.24, 2.45) is 0 Å². The standard InChI is InChI=1S/C54H84O3/c1-4-6-8-10-12-14-16-18-19-20-22-24-26-28-30-32-46-56-47(3)49-42-44-53(45-43-49)57-54(55)52-40-38-51(39-41-52)50-36-34-48(35-37-50)33-31-29-27-25-23-21-17-15-13-11-9-7-5-2/h34-45,47H,4-33,46H2,1-3H3. The van der Waals surface area contributed by atoms with Crippen LogP contribution in [0.1, 0.15) is 235 Å². The van der Waals surface area contributed by atoms with Crippen LogP contribution in [0.3, 0.4) is 0 Å². The van der Waals surface area contributed by atoms with Gasteiger partial charge in [-0.25, -0.2) is 4.79 Å². The second-order valence-corrected chi connectivity index (χ2v) is 17.0. The van der Waals surface area contributed by atoms with E-state index < -0.39 is 0 Å². The highest BCUT2D eigenvalue weighted by Crippen LogP contribution is 2.24. The Kier molecular flexibility index (Phi) is 28.0. The molecule has 0 heterocycles. The maximum Gasteiger partial charge on any atom is 0.343 e. The normalized spacial score (nSPS) is 11.9. The number of hydrogen-bond donors (Lipinski definition) is 0. The fourth-order valence-corrected chi connectivity index (χ4v) is 7.99. The van der Waals surface area contributed by atoms with Gasteiger partial charge in [-0.2, -0.15) is 0 Å². The van der Waals surface area contributed by atoms with Crippen molar-refractivity contribution in [1.29, 1.82) is 0 Å². The molecule has 0 radical (unpaired) electrons. The number of esters is 1. The first-order chi connectivity index (χ1) is 28.1. The Morgan fingerprint density at radius 2 is 0.807 bits per heavy atom. The van der Waals surface area contributed by atoms with Gasteiger partial charge in [0.05, 0.1) is 11.7 Å². The Balaban J connectivity index is 1.20. The van der Waals surface area contributed by atoms with E-state index in [4.69, 9.17) is 9.47 Å². The Morgan fingerprint density at radius 3 is 1.23 bits per heavy atom. The molecule has 1 unspecified atom stereocenters. The van der Waals surface area contributed by atoms with Crippen molar-refractivity contribution < 1.29 is 14.3 Å². The maximum absolute atomic E-state index is 12.9. The van der Waals surface area contributed by atoms with Crippen LogP contribution in [0.15, 0.2) is 72.8 Å². The smallest absolute Gasteiger partial charge is 0.343 e. The Hall–Kier alpha value is -2.91. The van der Waals surface area contributed by atoms with Crippen LogP contribution in [0.2, 0.25) is 0 Å². The van der Waals surface area contributed by atoms with Gasteiger partial charge in [-0.3, -0.25) is 0 Å². The van der Waals surface area contributed by atoms with Crippen LogP contribution in [-0.2, 0) is 11.2 Å². The summed E-state index contributed by atoms with van der Waals surface area (Å²) in [6.07, 6.45) is 41.3. The molecule has 0 N–H and O–H groups in total. The van der Waals surface area contributed by atoms with E-state index in [1.807, 2.05) is 48.5 Å². The molecule has 3 aromatic carbocycles. The van der Waals surface area contributed by atoms with Crippen LogP contribution < -0.4 is 4.74 Å². The van der Waals surface area contributed by atoms with Gasteiger partial charge in [-0.1, -0.05) is 236 Å². The average Bonchev–Trinajstić information content (AvgIpc) is 3.24. The monoisotopic (exact) mass is 781 g/mol. The molecule has 3 rings (SSSR count). The third-order valence-corrected chi connectivity index (χ3v) is 11.9. The molecule has 3 heteroatoms. The van der Waals surface area contributed by atoms with Gasteiger partial charge in [0, 0.05) is 6.61 Å². The molecule has 0 fully saturated rings. The number of ether oxygens (including phenoxy) is 2. The van der Waals surface area contributed by atoms with Gasteiger partial charge in [0.25, 0.3) is 0 Å². The largest absolute Gasteiger partial charge is 0.423 e. The van der Waals surface area contributed by atoms with Crippen LogP contribution >= 0.6 is 0 Å². The fraction of sp³-hybridized carbons (Fsp3) is 0.648. The molecule has 57 heavy (non-hydrogen) atoms. The summed E-state index contributed by atoms with van der Waals surface area (Å²) in [5.41, 5.74) is 5.34. The van der Waals surface area contributed by atoms with Crippen molar-refractivity contribution in [2.75, 3.05) is 6.61 Å². The number of rotatable bonds is 36. The summed E-state index contributed by atoms with van der Waals surface area (Å²) in [6.45, 7) is 7.47. The summed E-state index contributed by atoms with van der Waals surface area (Å²) in [6, 6.07) is 24.4. The van der Waals surface area contributed by atoms with Gasteiger partial charge >= 0.3 is 5.97 Å². The van der Waals surface area contributed by atoms with Crippen LogP contribution in [0.25, 0.3) is 11.1 Å². The van der Waals surface area contributed by atoms with E-state index in [1.165, 1.54) is 191 Å². The number of benzene rings is 3. The van der Waals surface area contributed by atoms with E-state index in [0.29, 0.717) is 11.3 Å². The van der Waals surface area contributed by atoms with Crippen molar-refractivity contribution >= 4 is 5.97 Å². The van der Waals surface area contributed by atoms with E-state index in [0.717, 1.165) is 30.6 Å². The predicted octanol–water partition coefficient (Wildman–Crippen LogP) is 17.5. The fourth-order valence-electron chi connectivity index (χ4n) is 7.99. The molecule has 3 nitrogen and oxygen atoms in total. The minimum atomic E-state index is -0.338. The van der Waals surface area contributed by atoms with Gasteiger partial charge in [0.2, 0.25) is 0 Å². The van der Waals surface area contributed by atoms with Gasteiger partial charge in [0.15, 0.2) is 0 Å². The van der Waals surface area contributed by atoms with Gasteiger partial charge in [-0.05, 0) is 72.7 Å². The van der Waals surface area contributed by atoms with Crippen LogP contribution in [0, 0.1) is 0 Å². The molecule has 0 aliphatic rings. The van der Waals surface area contributed by atoms with Gasteiger partial charge in [-0.15, -0.1) is 0 Å². The van der Waals surface area contributed by atoms with Crippen molar-refractivity contribution in [2.45, 2.75) is 219 Å². The number of carbonyl (C=O) groups excluding carboxylic acids is 1. The first-order valence-electron chi connectivity index (χ1n) is 24.2. The lowest BCUT2D eigenvalue weighted by Crippen LogP contribution is -2.08. The maximum atomic E-state index is 12.9. The van der Waals surface area contributed by atoms with Crippen molar-refractivity contribution in [3.05, 3.63) is 89.5 Å². The molecule has 0 spiro atoms. The molecule has 0 bridgehead atoms. The number of unbranched alkanes of at least 4 members (excludes halogenated alkanes) is 27. The zero-order valence-electron chi connectivity index (χ0n) is 37.2. The van der Waals surface area contributed by atoms with Crippen molar-refractivity contribution in [3.8, 4) is 16.9 Å². The van der Waals surface area contributed by atoms with E-state index in [9.17, 15) is 4.79 Å². The van der Waals surface area contributed by atoms with E-state index in [2.05, 4.69) is 45.0 Å². The summed E-state index contributed by atoms with van der Waals surface area (Å²) in [7, 11) is 0. The zero-order chi connectivity index (χ0) is 40.4. The molecule has 1 atom stereocenters. The van der Waals surface area contributed by atoms with E-state index in [-0.39, 0.29) is 12.1 Å². The molecule has 0 aliphatic heterocycles. The minimum Gasteiger partial charge on any atom is -0.423 e. The summed E-state index contributed by atoms with van der Waals surface area (Å²) in [5, 5.41) is 0. The van der Waals surface area contributed by atoms with Crippen molar-refractivity contribution in [1.82, 2.24) is 0 Å². The van der Waals surface area contributed by atoms with Crippen LogP contribution in [0.5, 0.6) is 5.75 Å². The Bertz CT molecular complexity index is 1360. The highest BCUT2D eigenvalue weighted by atomic mass is 16.5. The van der Waals surface area contributed by atoms with E-state index >= 15 is 0 Å². The highest BCUT2D eigenvalue weighted by Gasteiger charge is 2.11. The number of aryl methyl sites for hydroxylation is 1. The molecule has 0 aromatic heterocycles. The quantitative estimate of drug-likeness (QED) is 0.0335. The molecule has 0 amide bonds. The summed E-state index contributed by atoms with van der Waals surface area (Å²) >= 11 is 0. The summed E-state index contributed by atoms with van der Waals surface area (Å²) < 4.78 is 11.8. The lowest BCUT2D eigenvalue weighted by molar-refractivity contribution is 0.0627. The molecule has 3 aromatic rings. The third kappa shape index (κ3) is 23.3. The first-order valence-corrected chi connectivity index (χ1v) is 24.2. The first kappa shape index (κ1) is 48.5. The van der Waals surface area contributed by atoms with Crippen LogP contribution in [0.4, 0.5) is 0 Å². The van der Waals surface area contributed by atoms with Crippen LogP contribution in [-0.4, -0.2) is 12.6 Å².